The van der Waals surface area contributed by atoms with Crippen molar-refractivity contribution >= 4 is 18.4 Å². The highest BCUT2D eigenvalue weighted by molar-refractivity contribution is 5.85. The van der Waals surface area contributed by atoms with Gasteiger partial charge in [-0.15, -0.1) is 12.4 Å². The molecule has 0 bridgehead atoms. The van der Waals surface area contributed by atoms with Gasteiger partial charge in [0.1, 0.15) is 0 Å². The van der Waals surface area contributed by atoms with Crippen LogP contribution in [0.2, 0.25) is 0 Å². The van der Waals surface area contributed by atoms with E-state index < -0.39 is 10.9 Å². The molecule has 0 aromatic carbocycles. The van der Waals surface area contributed by atoms with Gasteiger partial charge >= 0.3 is 5.97 Å². The van der Waals surface area contributed by atoms with Gasteiger partial charge in [-0.2, -0.15) is 0 Å². The smallest absolute Gasteiger partial charge is 0.303 e. The number of nitro groups is 1. The second-order valence-corrected chi connectivity index (χ2v) is 1.55. The van der Waals surface area contributed by atoms with E-state index in [1.54, 1.807) is 0 Å². The van der Waals surface area contributed by atoms with Crippen molar-refractivity contribution in [3.8, 4) is 0 Å². The van der Waals surface area contributed by atoms with Gasteiger partial charge in [-0.3, -0.25) is 14.9 Å². The van der Waals surface area contributed by atoms with Crippen molar-refractivity contribution in [2.75, 3.05) is 6.54 Å². The van der Waals surface area contributed by atoms with Crippen LogP contribution in [0.15, 0.2) is 0 Å². The van der Waals surface area contributed by atoms with Crippen molar-refractivity contribution in [3.05, 3.63) is 10.1 Å². The zero-order valence-corrected chi connectivity index (χ0v) is 5.97. The fourth-order valence-corrected chi connectivity index (χ4v) is 0.359. The van der Waals surface area contributed by atoms with Gasteiger partial charge in [0.25, 0.3) is 0 Å². The third kappa shape index (κ3) is 10.2. The van der Waals surface area contributed by atoms with E-state index in [2.05, 4.69) is 0 Å². The fraction of sp³-hybridized carbons (Fsp3) is 0.750. The van der Waals surface area contributed by atoms with Crippen LogP contribution in [-0.4, -0.2) is 22.5 Å². The van der Waals surface area contributed by atoms with Crippen LogP contribution in [0.5, 0.6) is 0 Å². The first-order valence-electron chi connectivity index (χ1n) is 2.46. The molecular weight excluding hydrogens is 161 g/mol. The van der Waals surface area contributed by atoms with Crippen LogP contribution in [0.3, 0.4) is 0 Å². The Morgan fingerprint density at radius 2 is 2.10 bits per heavy atom. The summed E-state index contributed by atoms with van der Waals surface area (Å²) in [5.74, 6) is -0.989. The Morgan fingerprint density at radius 1 is 1.60 bits per heavy atom. The molecule has 0 spiro atoms. The maximum atomic E-state index is 9.76. The number of rotatable bonds is 4. The first kappa shape index (κ1) is 11.9. The first-order valence-corrected chi connectivity index (χ1v) is 2.46. The summed E-state index contributed by atoms with van der Waals surface area (Å²) in [4.78, 5) is 18.8. The zero-order chi connectivity index (χ0) is 7.28. The summed E-state index contributed by atoms with van der Waals surface area (Å²) in [7, 11) is 0. The van der Waals surface area contributed by atoms with Gasteiger partial charge in [-0.25, -0.2) is 0 Å². The molecule has 10 heavy (non-hydrogen) atoms. The lowest BCUT2D eigenvalue weighted by Crippen LogP contribution is -2.03. The van der Waals surface area contributed by atoms with Crippen LogP contribution >= 0.6 is 12.4 Å². The maximum Gasteiger partial charge on any atom is 0.303 e. The predicted octanol–water partition coefficient (Wildman–Crippen LogP) is 0.550. The summed E-state index contributed by atoms with van der Waals surface area (Å²) in [6.07, 6.45) is -0.0106. The molecule has 0 saturated heterocycles. The number of aliphatic carboxylic acids is 1. The summed E-state index contributed by atoms with van der Waals surface area (Å²) in [5, 5.41) is 17.6. The molecule has 0 saturated carbocycles. The van der Waals surface area contributed by atoms with Gasteiger partial charge in [0, 0.05) is 11.3 Å². The first-order chi connectivity index (χ1) is 4.13. The molecule has 60 valence electrons. The average molecular weight is 170 g/mol. The van der Waals surface area contributed by atoms with Gasteiger partial charge in [-0.05, 0) is 0 Å². The minimum atomic E-state index is -0.989. The number of nitrogens with zero attached hydrogens (tertiary/aromatic N) is 1. The Morgan fingerprint density at radius 3 is 2.40 bits per heavy atom. The Hall–Kier alpha value is -0.840. The minimum Gasteiger partial charge on any atom is -0.481 e. The van der Waals surface area contributed by atoms with E-state index in [0.29, 0.717) is 0 Å². The monoisotopic (exact) mass is 169 g/mol. The van der Waals surface area contributed by atoms with Gasteiger partial charge < -0.3 is 5.11 Å². The van der Waals surface area contributed by atoms with E-state index in [1.165, 1.54) is 0 Å². The summed E-state index contributed by atoms with van der Waals surface area (Å²) < 4.78 is 0. The molecule has 1 N–H and O–H groups in total. The normalized spacial score (nSPS) is 8.00. The van der Waals surface area contributed by atoms with E-state index in [0.717, 1.165) is 0 Å². The SMILES string of the molecule is Cl.O=C(O)CCC[N+](=O)[O-]. The minimum absolute atomic E-state index is 0. The van der Waals surface area contributed by atoms with Gasteiger partial charge in [-0.1, -0.05) is 0 Å². The molecule has 0 aromatic heterocycles. The number of halogens is 1. The molecule has 0 unspecified atom stereocenters. The Kier molecular flexibility index (Phi) is 7.47. The molecule has 0 heterocycles. The van der Waals surface area contributed by atoms with Crippen LogP contribution in [-0.2, 0) is 4.79 Å². The average Bonchev–Trinajstić information content (AvgIpc) is 1.63. The van der Waals surface area contributed by atoms with Crippen molar-refractivity contribution in [3.63, 3.8) is 0 Å². The van der Waals surface area contributed by atoms with Gasteiger partial charge in [0.2, 0.25) is 6.54 Å². The molecule has 0 fully saturated rings. The molecule has 0 aliphatic rings. The van der Waals surface area contributed by atoms with E-state index in [4.69, 9.17) is 5.11 Å². The Labute approximate surface area is 63.6 Å². The second kappa shape index (κ2) is 6.28. The highest BCUT2D eigenvalue weighted by Gasteiger charge is 2.00. The standard InChI is InChI=1S/C4H7NO4.ClH/c6-4(7)2-1-3-5(8)9;/h1-3H2,(H,6,7);1H. The molecule has 0 aliphatic carbocycles. The van der Waals surface area contributed by atoms with Crippen molar-refractivity contribution in [2.24, 2.45) is 0 Å². The summed E-state index contributed by atoms with van der Waals surface area (Å²) >= 11 is 0. The molecule has 0 atom stereocenters. The maximum absolute atomic E-state index is 9.76. The quantitative estimate of drug-likeness (QED) is 0.492. The Bertz CT molecular complexity index is 112. The molecule has 5 nitrogen and oxygen atoms in total. The summed E-state index contributed by atoms with van der Waals surface area (Å²) in [5.41, 5.74) is 0. The highest BCUT2D eigenvalue weighted by atomic mass is 35.5. The predicted molar refractivity (Wildman–Crippen MR) is 36.0 cm³/mol. The number of carboxylic acid groups (broad SMARTS) is 1. The van der Waals surface area contributed by atoms with Crippen LogP contribution in [0.25, 0.3) is 0 Å². The van der Waals surface area contributed by atoms with E-state index >= 15 is 0 Å². The number of hydrogen-bond acceptors (Lipinski definition) is 3. The van der Waals surface area contributed by atoms with E-state index in [9.17, 15) is 14.9 Å². The van der Waals surface area contributed by atoms with E-state index in [1.807, 2.05) is 0 Å². The van der Waals surface area contributed by atoms with Crippen LogP contribution in [0.1, 0.15) is 12.8 Å². The van der Waals surface area contributed by atoms with Crippen molar-refractivity contribution in [1.82, 2.24) is 0 Å². The summed E-state index contributed by atoms with van der Waals surface area (Å²) in [6, 6.07) is 0. The molecule has 0 aromatic rings. The van der Waals surface area contributed by atoms with Gasteiger partial charge in [0.05, 0.1) is 6.42 Å². The number of carbonyl (C=O) groups is 1. The van der Waals surface area contributed by atoms with Gasteiger partial charge in [0.15, 0.2) is 0 Å². The molecule has 0 amide bonds. The third-order valence-electron chi connectivity index (χ3n) is 0.731. The van der Waals surface area contributed by atoms with E-state index in [-0.39, 0.29) is 31.8 Å². The fourth-order valence-electron chi connectivity index (χ4n) is 0.359. The van der Waals surface area contributed by atoms with Crippen molar-refractivity contribution in [1.29, 1.82) is 0 Å². The number of carboxylic acids is 1. The lowest BCUT2D eigenvalue weighted by molar-refractivity contribution is -0.480. The van der Waals surface area contributed by atoms with Crippen molar-refractivity contribution in [2.45, 2.75) is 12.8 Å². The Balaban J connectivity index is 0. The van der Waals surface area contributed by atoms with Crippen LogP contribution in [0.4, 0.5) is 0 Å². The second-order valence-electron chi connectivity index (χ2n) is 1.55. The van der Waals surface area contributed by atoms with Crippen LogP contribution in [0, 0.1) is 10.1 Å². The lowest BCUT2D eigenvalue weighted by atomic mass is 10.3. The largest absolute Gasteiger partial charge is 0.481 e. The topological polar surface area (TPSA) is 80.4 Å². The molecule has 0 radical (unpaired) electrons. The number of hydrogen-bond donors (Lipinski definition) is 1. The van der Waals surface area contributed by atoms with Crippen molar-refractivity contribution < 1.29 is 14.8 Å². The lowest BCUT2D eigenvalue weighted by Gasteiger charge is -1.88. The third-order valence-corrected chi connectivity index (χ3v) is 0.731. The zero-order valence-electron chi connectivity index (χ0n) is 5.15. The summed E-state index contributed by atoms with van der Waals surface area (Å²) in [6.45, 7) is -0.258. The molecule has 0 rings (SSSR count). The van der Waals surface area contributed by atoms with Crippen LogP contribution < -0.4 is 0 Å². The molecular formula is C4H8ClNO4. The highest BCUT2D eigenvalue weighted by Crippen LogP contribution is 1.87. The molecule has 6 heteroatoms. The molecule has 0 aliphatic heterocycles.